The predicted molar refractivity (Wildman–Crippen MR) is 81.7 cm³/mol. The van der Waals surface area contributed by atoms with Crippen molar-refractivity contribution >= 4 is 23.1 Å². The van der Waals surface area contributed by atoms with Gasteiger partial charge in [0.2, 0.25) is 0 Å². The summed E-state index contributed by atoms with van der Waals surface area (Å²) in [5, 5.41) is 6.06. The minimum atomic E-state index is -0.553. The Bertz CT molecular complexity index is 553. The minimum absolute atomic E-state index is 0.203. The molecule has 0 saturated carbocycles. The van der Waals surface area contributed by atoms with Crippen molar-refractivity contribution in [1.82, 2.24) is 10.3 Å². The lowest BCUT2D eigenvalue weighted by atomic mass is 10.1. The van der Waals surface area contributed by atoms with Gasteiger partial charge in [-0.2, -0.15) is 0 Å². The molecule has 2 amide bonds. The Kier molecular flexibility index (Phi) is 4.70. The van der Waals surface area contributed by atoms with Crippen LogP contribution in [-0.2, 0) is 0 Å². The third kappa shape index (κ3) is 3.79. The fraction of sp³-hybridized carbons (Fsp3) is 0.286. The molecule has 20 heavy (non-hydrogen) atoms. The highest BCUT2D eigenvalue weighted by Crippen LogP contribution is 2.22. The number of hydrogen-bond acceptors (Lipinski definition) is 4. The van der Waals surface area contributed by atoms with E-state index in [2.05, 4.69) is 29.5 Å². The molecule has 2 unspecified atom stereocenters. The summed E-state index contributed by atoms with van der Waals surface area (Å²) in [5.74, 6) is 0. The van der Waals surface area contributed by atoms with Gasteiger partial charge >= 0.3 is 6.03 Å². The molecule has 2 atom stereocenters. The number of benzene rings is 1. The largest absolute Gasteiger partial charge is 0.351 e. The highest BCUT2D eigenvalue weighted by atomic mass is 32.1. The van der Waals surface area contributed by atoms with Gasteiger partial charge in [-0.15, -0.1) is 11.3 Å². The van der Waals surface area contributed by atoms with E-state index in [4.69, 9.17) is 5.73 Å². The molecule has 4 N–H and O–H groups in total. The van der Waals surface area contributed by atoms with Gasteiger partial charge in [-0.05, 0) is 31.5 Å². The number of carbonyl (C=O) groups excluding carboxylic acids is 1. The van der Waals surface area contributed by atoms with Crippen LogP contribution in [0.3, 0.4) is 0 Å². The van der Waals surface area contributed by atoms with Crippen molar-refractivity contribution in [2.24, 2.45) is 5.73 Å². The summed E-state index contributed by atoms with van der Waals surface area (Å²) in [6, 6.07) is 7.54. The van der Waals surface area contributed by atoms with Crippen molar-refractivity contribution < 1.29 is 4.79 Å². The number of hydrogen-bond donors (Lipinski definition) is 3. The average Bonchev–Trinajstić information content (AvgIpc) is 2.92. The molecule has 1 heterocycles. The van der Waals surface area contributed by atoms with E-state index in [0.717, 1.165) is 5.56 Å². The van der Waals surface area contributed by atoms with Crippen molar-refractivity contribution in [3.05, 3.63) is 46.4 Å². The molecule has 1 aromatic heterocycles. The maximum atomic E-state index is 10.8. The second kappa shape index (κ2) is 6.49. The fourth-order valence-electron chi connectivity index (χ4n) is 1.99. The van der Waals surface area contributed by atoms with E-state index in [1.165, 1.54) is 4.88 Å². The number of urea groups is 1. The lowest BCUT2D eigenvalue weighted by molar-refractivity contribution is 0.259. The van der Waals surface area contributed by atoms with Gasteiger partial charge in [0, 0.05) is 28.8 Å². The fourth-order valence-corrected chi connectivity index (χ4v) is 2.63. The lowest BCUT2D eigenvalue weighted by Gasteiger charge is -2.19. The van der Waals surface area contributed by atoms with Crippen molar-refractivity contribution in [1.29, 1.82) is 0 Å². The van der Waals surface area contributed by atoms with Crippen LogP contribution in [-0.4, -0.2) is 11.0 Å². The lowest BCUT2D eigenvalue weighted by Crippen LogP contribution is -2.22. The van der Waals surface area contributed by atoms with Gasteiger partial charge in [0.05, 0.1) is 5.51 Å². The summed E-state index contributed by atoms with van der Waals surface area (Å²) in [4.78, 5) is 16.1. The van der Waals surface area contributed by atoms with Gasteiger partial charge < -0.3 is 16.4 Å². The summed E-state index contributed by atoms with van der Waals surface area (Å²) in [6.07, 6.45) is 1.88. The van der Waals surface area contributed by atoms with Gasteiger partial charge in [-0.25, -0.2) is 4.79 Å². The SMILES string of the molecule is CC(NC(C)c1cncs1)c1ccc(NC(N)=O)cc1. The number of nitrogens with two attached hydrogens (primary N) is 1. The zero-order chi connectivity index (χ0) is 14.5. The molecule has 1 aromatic carbocycles. The molecule has 0 fully saturated rings. The van der Waals surface area contributed by atoms with E-state index in [1.807, 2.05) is 36.0 Å². The number of nitrogens with zero attached hydrogens (tertiary/aromatic N) is 1. The minimum Gasteiger partial charge on any atom is -0.351 e. The van der Waals surface area contributed by atoms with E-state index in [-0.39, 0.29) is 12.1 Å². The molecule has 0 aliphatic heterocycles. The molecular weight excluding hydrogens is 272 g/mol. The Balaban J connectivity index is 1.98. The molecule has 0 radical (unpaired) electrons. The first-order valence-electron chi connectivity index (χ1n) is 6.37. The van der Waals surface area contributed by atoms with E-state index in [1.54, 1.807) is 11.3 Å². The van der Waals surface area contributed by atoms with Crippen LogP contribution in [0.4, 0.5) is 10.5 Å². The van der Waals surface area contributed by atoms with Crippen LogP contribution >= 0.6 is 11.3 Å². The standard InChI is InChI=1S/C14H18N4OS/c1-9(17-10(2)13-7-16-8-20-13)11-3-5-12(6-4-11)18-14(15)19/h3-10,17H,1-2H3,(H3,15,18,19). The summed E-state index contributed by atoms with van der Waals surface area (Å²) < 4.78 is 0. The summed E-state index contributed by atoms with van der Waals surface area (Å²) in [5.41, 5.74) is 8.76. The Morgan fingerprint density at radius 3 is 2.50 bits per heavy atom. The second-order valence-corrected chi connectivity index (χ2v) is 5.54. The molecule has 2 aromatic rings. The van der Waals surface area contributed by atoms with Crippen molar-refractivity contribution in [2.75, 3.05) is 5.32 Å². The van der Waals surface area contributed by atoms with E-state index >= 15 is 0 Å². The van der Waals surface area contributed by atoms with Gasteiger partial charge in [0.1, 0.15) is 0 Å². The number of rotatable bonds is 5. The maximum Gasteiger partial charge on any atom is 0.316 e. The van der Waals surface area contributed by atoms with Crippen molar-refractivity contribution in [3.8, 4) is 0 Å². The Morgan fingerprint density at radius 2 is 1.95 bits per heavy atom. The number of primary amides is 1. The van der Waals surface area contributed by atoms with Gasteiger partial charge in [0.25, 0.3) is 0 Å². The number of anilines is 1. The molecule has 0 aliphatic carbocycles. The van der Waals surface area contributed by atoms with Crippen LogP contribution in [0.2, 0.25) is 0 Å². The van der Waals surface area contributed by atoms with Crippen LogP contribution in [0, 0.1) is 0 Å². The topological polar surface area (TPSA) is 80.0 Å². The van der Waals surface area contributed by atoms with E-state index in [0.29, 0.717) is 5.69 Å². The third-order valence-corrected chi connectivity index (χ3v) is 4.01. The number of thiazole rings is 1. The summed E-state index contributed by atoms with van der Waals surface area (Å²) >= 11 is 1.64. The maximum absolute atomic E-state index is 10.8. The molecule has 5 nitrogen and oxygen atoms in total. The van der Waals surface area contributed by atoms with Crippen LogP contribution < -0.4 is 16.4 Å². The first kappa shape index (κ1) is 14.5. The summed E-state index contributed by atoms with van der Waals surface area (Å²) in [6.45, 7) is 4.22. The van der Waals surface area contributed by atoms with Crippen LogP contribution in [0.15, 0.2) is 36.0 Å². The first-order valence-corrected chi connectivity index (χ1v) is 7.25. The van der Waals surface area contributed by atoms with Crippen molar-refractivity contribution in [2.45, 2.75) is 25.9 Å². The van der Waals surface area contributed by atoms with Crippen LogP contribution in [0.5, 0.6) is 0 Å². The second-order valence-electron chi connectivity index (χ2n) is 4.63. The quantitative estimate of drug-likeness (QED) is 0.791. The molecule has 0 bridgehead atoms. The van der Waals surface area contributed by atoms with E-state index < -0.39 is 6.03 Å². The average molecular weight is 290 g/mol. The Hall–Kier alpha value is -1.92. The van der Waals surface area contributed by atoms with Gasteiger partial charge in [-0.1, -0.05) is 12.1 Å². The molecule has 0 aliphatic rings. The Labute approximate surface area is 122 Å². The molecule has 0 spiro atoms. The number of aromatic nitrogens is 1. The number of amides is 2. The van der Waals surface area contributed by atoms with Crippen LogP contribution in [0.25, 0.3) is 0 Å². The summed E-state index contributed by atoms with van der Waals surface area (Å²) in [7, 11) is 0. The highest BCUT2D eigenvalue weighted by Gasteiger charge is 2.12. The molecule has 0 saturated heterocycles. The number of nitrogens with one attached hydrogen (secondary N) is 2. The smallest absolute Gasteiger partial charge is 0.316 e. The molecule has 6 heteroatoms. The molecular formula is C14H18N4OS. The first-order chi connectivity index (χ1) is 9.56. The zero-order valence-corrected chi connectivity index (χ0v) is 12.3. The molecule has 2 rings (SSSR count). The van der Waals surface area contributed by atoms with Crippen molar-refractivity contribution in [3.63, 3.8) is 0 Å². The third-order valence-electron chi connectivity index (χ3n) is 3.06. The predicted octanol–water partition coefficient (Wildman–Crippen LogP) is 3.05. The Morgan fingerprint density at radius 1 is 1.25 bits per heavy atom. The zero-order valence-electron chi connectivity index (χ0n) is 11.5. The van der Waals surface area contributed by atoms with Gasteiger partial charge in [-0.3, -0.25) is 4.98 Å². The normalized spacial score (nSPS) is 13.7. The van der Waals surface area contributed by atoms with Crippen LogP contribution in [0.1, 0.15) is 36.4 Å². The molecule has 106 valence electrons. The highest BCUT2D eigenvalue weighted by molar-refractivity contribution is 7.09. The van der Waals surface area contributed by atoms with E-state index in [9.17, 15) is 4.79 Å². The monoisotopic (exact) mass is 290 g/mol. The van der Waals surface area contributed by atoms with Gasteiger partial charge in [0.15, 0.2) is 0 Å². The number of carbonyl (C=O) groups is 1.